The van der Waals surface area contributed by atoms with Crippen LogP contribution in [0.2, 0.25) is 0 Å². The summed E-state index contributed by atoms with van der Waals surface area (Å²) in [6.07, 6.45) is 11.2. The lowest BCUT2D eigenvalue weighted by Crippen LogP contribution is -2.35. The van der Waals surface area contributed by atoms with E-state index in [0.29, 0.717) is 18.8 Å². The van der Waals surface area contributed by atoms with E-state index in [-0.39, 0.29) is 22.7 Å². The molecule has 9 nitrogen and oxygen atoms in total. The van der Waals surface area contributed by atoms with Gasteiger partial charge in [0, 0.05) is 37.6 Å². The molecule has 31 heavy (non-hydrogen) atoms. The van der Waals surface area contributed by atoms with E-state index < -0.39 is 14.9 Å². The molecule has 10 heteroatoms. The minimum Gasteiger partial charge on any atom is -0.375 e. The average Bonchev–Trinajstić information content (AvgIpc) is 3.15. The molecule has 168 valence electrons. The van der Waals surface area contributed by atoms with Gasteiger partial charge in [0.05, 0.1) is 15.9 Å². The average molecular weight is 448 g/mol. The highest BCUT2D eigenvalue weighted by Crippen LogP contribution is 2.35. The van der Waals surface area contributed by atoms with E-state index in [1.165, 1.54) is 22.5 Å². The quantitative estimate of drug-likeness (QED) is 0.530. The van der Waals surface area contributed by atoms with E-state index in [4.69, 9.17) is 0 Å². The maximum Gasteiger partial charge on any atom is 0.293 e. The van der Waals surface area contributed by atoms with Crippen LogP contribution in [0.5, 0.6) is 0 Å². The predicted molar refractivity (Wildman–Crippen MR) is 117 cm³/mol. The lowest BCUT2D eigenvalue weighted by Gasteiger charge is -2.33. The zero-order chi connectivity index (χ0) is 21.8. The third kappa shape index (κ3) is 4.74. The number of nitrogens with zero attached hydrogens (tertiary/aromatic N) is 4. The second kappa shape index (κ2) is 9.35. The summed E-state index contributed by atoms with van der Waals surface area (Å²) >= 11 is 0. The highest BCUT2D eigenvalue weighted by atomic mass is 32.2. The van der Waals surface area contributed by atoms with Crippen molar-refractivity contribution in [2.24, 2.45) is 0 Å². The number of nitro benzene ring substituents is 1. The molecule has 2 aromatic rings. The molecule has 1 aromatic heterocycles. The smallest absolute Gasteiger partial charge is 0.293 e. The molecule has 1 aromatic carbocycles. The largest absolute Gasteiger partial charge is 0.375 e. The SMILES string of the molecule is O=[N+]([O-])c1cc(S(=O)(=O)N2CCCCCC2)ccc1N[C@H]1CCCC[C@H]1n1cccn1. The number of hydrogen-bond donors (Lipinski definition) is 1. The van der Waals surface area contributed by atoms with Crippen molar-refractivity contribution in [1.29, 1.82) is 0 Å². The molecule has 2 heterocycles. The summed E-state index contributed by atoms with van der Waals surface area (Å²) in [6, 6.07) is 6.19. The Morgan fingerprint density at radius 1 is 1.06 bits per heavy atom. The summed E-state index contributed by atoms with van der Waals surface area (Å²) < 4.78 is 29.6. The Balaban J connectivity index is 1.61. The van der Waals surface area contributed by atoms with Crippen molar-refractivity contribution >= 4 is 21.4 Å². The van der Waals surface area contributed by atoms with Gasteiger partial charge in [0.25, 0.3) is 5.69 Å². The van der Waals surface area contributed by atoms with Crippen LogP contribution >= 0.6 is 0 Å². The number of nitrogens with one attached hydrogen (secondary N) is 1. The molecular weight excluding hydrogens is 418 g/mol. The van der Waals surface area contributed by atoms with Crippen LogP contribution in [0.25, 0.3) is 0 Å². The van der Waals surface area contributed by atoms with Crippen LogP contribution in [-0.2, 0) is 10.0 Å². The lowest BCUT2D eigenvalue weighted by atomic mass is 9.90. The Hall–Kier alpha value is -2.46. The van der Waals surface area contributed by atoms with Gasteiger partial charge in [-0.3, -0.25) is 14.8 Å². The number of sulfonamides is 1. The molecule has 1 aliphatic heterocycles. The Bertz CT molecular complexity index is 1000. The molecule has 2 aliphatic rings. The number of benzene rings is 1. The first kappa shape index (κ1) is 21.8. The van der Waals surface area contributed by atoms with Crippen LogP contribution in [0.15, 0.2) is 41.6 Å². The second-order valence-electron chi connectivity index (χ2n) is 8.34. The zero-order valence-electron chi connectivity index (χ0n) is 17.5. The molecule has 0 unspecified atom stereocenters. The number of nitro groups is 1. The van der Waals surface area contributed by atoms with Gasteiger partial charge in [-0.25, -0.2) is 8.42 Å². The number of anilines is 1. The minimum atomic E-state index is -3.75. The van der Waals surface area contributed by atoms with Crippen LogP contribution in [-0.4, -0.2) is 46.6 Å². The third-order valence-corrected chi connectivity index (χ3v) is 8.20. The molecule has 0 radical (unpaired) electrons. The van der Waals surface area contributed by atoms with Crippen molar-refractivity contribution in [3.05, 3.63) is 46.8 Å². The lowest BCUT2D eigenvalue weighted by molar-refractivity contribution is -0.384. The summed E-state index contributed by atoms with van der Waals surface area (Å²) in [6.45, 7) is 0.924. The van der Waals surface area contributed by atoms with Crippen molar-refractivity contribution < 1.29 is 13.3 Å². The monoisotopic (exact) mass is 447 g/mol. The van der Waals surface area contributed by atoms with Crippen LogP contribution in [0, 0.1) is 10.1 Å². The molecule has 0 bridgehead atoms. The highest BCUT2D eigenvalue weighted by molar-refractivity contribution is 7.89. The van der Waals surface area contributed by atoms with Crippen LogP contribution < -0.4 is 5.32 Å². The molecule has 0 amide bonds. The van der Waals surface area contributed by atoms with Gasteiger partial charge in [0.2, 0.25) is 10.0 Å². The standard InChI is InChI=1S/C21H29N5O4S/c27-26(28)21-16-17(31(29,30)24-13-5-1-2-6-14-24)10-11-19(21)23-18-8-3-4-9-20(18)25-15-7-12-22-25/h7,10-12,15-16,18,20,23H,1-6,8-9,13-14H2/t18-,20+/m0/s1. The van der Waals surface area contributed by atoms with Crippen LogP contribution in [0.1, 0.15) is 57.4 Å². The fourth-order valence-corrected chi connectivity index (χ4v) is 6.19. The predicted octanol–water partition coefficient (Wildman–Crippen LogP) is 3.95. The molecule has 1 saturated heterocycles. The fourth-order valence-electron chi connectivity index (χ4n) is 4.65. The first-order chi connectivity index (χ1) is 15.0. The molecule has 0 spiro atoms. The Labute approximate surface area is 182 Å². The van der Waals surface area contributed by atoms with Crippen molar-refractivity contribution in [1.82, 2.24) is 14.1 Å². The van der Waals surface area contributed by atoms with E-state index in [9.17, 15) is 18.5 Å². The van der Waals surface area contributed by atoms with Crippen molar-refractivity contribution in [2.45, 2.75) is 68.3 Å². The van der Waals surface area contributed by atoms with Crippen molar-refractivity contribution in [3.8, 4) is 0 Å². The van der Waals surface area contributed by atoms with Gasteiger partial charge in [0.1, 0.15) is 5.69 Å². The summed E-state index contributed by atoms with van der Waals surface area (Å²) in [5, 5.41) is 19.5. The van der Waals surface area contributed by atoms with E-state index in [1.54, 1.807) is 6.20 Å². The van der Waals surface area contributed by atoms with Crippen molar-refractivity contribution in [2.75, 3.05) is 18.4 Å². The van der Waals surface area contributed by atoms with E-state index in [0.717, 1.165) is 51.4 Å². The van der Waals surface area contributed by atoms with E-state index in [1.807, 2.05) is 16.9 Å². The molecule has 4 rings (SSSR count). The van der Waals surface area contributed by atoms with Crippen LogP contribution in [0.3, 0.4) is 0 Å². The maximum atomic E-state index is 13.1. The van der Waals surface area contributed by atoms with E-state index >= 15 is 0 Å². The molecule has 2 fully saturated rings. The third-order valence-electron chi connectivity index (χ3n) is 6.30. The normalized spacial score (nSPS) is 23.2. The molecular formula is C21H29N5O4S. The topological polar surface area (TPSA) is 110 Å². The van der Waals surface area contributed by atoms with Crippen LogP contribution in [0.4, 0.5) is 11.4 Å². The Kier molecular flexibility index (Phi) is 6.57. The zero-order valence-corrected chi connectivity index (χ0v) is 18.3. The van der Waals surface area contributed by atoms with Gasteiger partial charge in [0.15, 0.2) is 0 Å². The number of aromatic nitrogens is 2. The Morgan fingerprint density at radius 2 is 1.81 bits per heavy atom. The minimum absolute atomic E-state index is 0.0135. The summed E-state index contributed by atoms with van der Waals surface area (Å²) in [7, 11) is -3.75. The van der Waals surface area contributed by atoms with E-state index in [2.05, 4.69) is 10.4 Å². The number of rotatable bonds is 6. The summed E-state index contributed by atoms with van der Waals surface area (Å²) in [4.78, 5) is 11.3. The van der Waals surface area contributed by atoms with Gasteiger partial charge in [-0.2, -0.15) is 9.40 Å². The summed E-state index contributed by atoms with van der Waals surface area (Å²) in [5.41, 5.74) is 0.143. The highest BCUT2D eigenvalue weighted by Gasteiger charge is 2.31. The van der Waals surface area contributed by atoms with Gasteiger partial charge >= 0.3 is 0 Å². The van der Waals surface area contributed by atoms with Gasteiger partial charge in [-0.1, -0.05) is 25.7 Å². The molecule has 1 N–H and O–H groups in total. The molecule has 1 saturated carbocycles. The summed E-state index contributed by atoms with van der Waals surface area (Å²) in [5.74, 6) is 0. The Morgan fingerprint density at radius 3 is 2.48 bits per heavy atom. The number of hydrogen-bond acceptors (Lipinski definition) is 6. The molecule has 2 atom stereocenters. The van der Waals surface area contributed by atoms with Gasteiger partial charge < -0.3 is 5.32 Å². The molecule has 1 aliphatic carbocycles. The second-order valence-corrected chi connectivity index (χ2v) is 10.3. The van der Waals surface area contributed by atoms with Crippen molar-refractivity contribution in [3.63, 3.8) is 0 Å². The first-order valence-corrected chi connectivity index (χ1v) is 12.4. The van der Waals surface area contributed by atoms with Gasteiger partial charge in [-0.15, -0.1) is 0 Å². The maximum absolute atomic E-state index is 13.1. The van der Waals surface area contributed by atoms with Gasteiger partial charge in [-0.05, 0) is 43.9 Å². The fraction of sp³-hybridized carbons (Fsp3) is 0.571. The first-order valence-electron chi connectivity index (χ1n) is 11.0.